The molecule has 0 bridgehead atoms. The maximum Gasteiger partial charge on any atom is 0.336 e. The first-order valence-corrected chi connectivity index (χ1v) is 7.23. The number of hydrogen-bond donors (Lipinski definition) is 0. The van der Waals surface area contributed by atoms with Crippen LogP contribution in [0.1, 0.15) is 23.8 Å². The summed E-state index contributed by atoms with van der Waals surface area (Å²) in [6, 6.07) is 6.88. The predicted octanol–water partition coefficient (Wildman–Crippen LogP) is 2.00. The molecule has 1 aliphatic rings. The molecule has 3 aromatic rings. The maximum atomic E-state index is 12.3. The van der Waals surface area contributed by atoms with Crippen LogP contribution in [0.5, 0.6) is 0 Å². The summed E-state index contributed by atoms with van der Waals surface area (Å²) in [7, 11) is 0. The van der Waals surface area contributed by atoms with Crippen LogP contribution in [0.4, 0.5) is 5.69 Å². The Morgan fingerprint density at radius 1 is 1.26 bits per heavy atom. The zero-order valence-electron chi connectivity index (χ0n) is 12.4. The summed E-state index contributed by atoms with van der Waals surface area (Å²) < 4.78 is 10.4. The van der Waals surface area contributed by atoms with Crippen molar-refractivity contribution in [2.75, 3.05) is 11.4 Å². The smallest absolute Gasteiger partial charge is 0.336 e. The fraction of sp³-hybridized carbons (Fsp3) is 0.250. The Balaban J connectivity index is 1.72. The van der Waals surface area contributed by atoms with Gasteiger partial charge in [0.05, 0.1) is 5.92 Å². The molecule has 1 unspecified atom stereocenters. The zero-order valence-corrected chi connectivity index (χ0v) is 12.4. The number of fused-ring (bicyclic) bond motifs is 1. The molecule has 1 aromatic carbocycles. The molecule has 3 heterocycles. The molecule has 0 radical (unpaired) electrons. The zero-order chi connectivity index (χ0) is 16.0. The summed E-state index contributed by atoms with van der Waals surface area (Å²) >= 11 is 0. The van der Waals surface area contributed by atoms with Gasteiger partial charge < -0.3 is 13.7 Å². The number of hydrogen-bond acceptors (Lipinski definition) is 6. The SMILES string of the molecule is Cc1cc(=O)oc2cc(N3CC(c4nnco4)CC3=O)ccc12. The van der Waals surface area contributed by atoms with Gasteiger partial charge in [-0.05, 0) is 24.6 Å². The summed E-state index contributed by atoms with van der Waals surface area (Å²) in [5.41, 5.74) is 1.61. The van der Waals surface area contributed by atoms with Gasteiger partial charge in [-0.2, -0.15) is 0 Å². The Hall–Kier alpha value is -2.96. The Bertz CT molecular complexity index is 946. The number of amides is 1. The van der Waals surface area contributed by atoms with Crippen LogP contribution in [0.3, 0.4) is 0 Å². The second-order valence-corrected chi connectivity index (χ2v) is 5.61. The van der Waals surface area contributed by atoms with Crippen LogP contribution < -0.4 is 10.5 Å². The first kappa shape index (κ1) is 13.7. The monoisotopic (exact) mass is 311 g/mol. The van der Waals surface area contributed by atoms with Crippen molar-refractivity contribution in [3.05, 3.63) is 52.5 Å². The van der Waals surface area contributed by atoms with Crippen molar-refractivity contribution in [2.45, 2.75) is 19.3 Å². The topological polar surface area (TPSA) is 89.4 Å². The van der Waals surface area contributed by atoms with Crippen molar-refractivity contribution in [1.29, 1.82) is 0 Å². The average molecular weight is 311 g/mol. The van der Waals surface area contributed by atoms with E-state index < -0.39 is 5.63 Å². The van der Waals surface area contributed by atoms with Crippen LogP contribution in [0, 0.1) is 6.92 Å². The lowest BCUT2D eigenvalue weighted by Crippen LogP contribution is -2.24. The van der Waals surface area contributed by atoms with Crippen LogP contribution >= 0.6 is 0 Å². The van der Waals surface area contributed by atoms with Crippen molar-refractivity contribution >= 4 is 22.6 Å². The number of anilines is 1. The lowest BCUT2D eigenvalue weighted by Gasteiger charge is -2.16. The standard InChI is InChI=1S/C16H13N3O4/c1-9-4-15(21)23-13-6-11(2-3-12(9)13)19-7-10(5-14(19)20)16-18-17-8-22-16/h2-4,6,8,10H,5,7H2,1H3. The summed E-state index contributed by atoms with van der Waals surface area (Å²) in [5, 5.41) is 8.39. The third-order valence-corrected chi connectivity index (χ3v) is 4.10. The van der Waals surface area contributed by atoms with Gasteiger partial charge in [-0.1, -0.05) is 0 Å². The van der Waals surface area contributed by atoms with E-state index in [1.165, 1.54) is 12.5 Å². The molecule has 1 atom stereocenters. The van der Waals surface area contributed by atoms with Gasteiger partial charge in [-0.15, -0.1) is 10.2 Å². The van der Waals surface area contributed by atoms with Gasteiger partial charge in [0, 0.05) is 36.2 Å². The quantitative estimate of drug-likeness (QED) is 0.672. The first-order valence-electron chi connectivity index (χ1n) is 7.23. The Kier molecular flexibility index (Phi) is 3.00. The second kappa shape index (κ2) is 5.05. The highest BCUT2D eigenvalue weighted by atomic mass is 16.4. The van der Waals surface area contributed by atoms with Crippen molar-refractivity contribution in [1.82, 2.24) is 10.2 Å². The highest BCUT2D eigenvalue weighted by Crippen LogP contribution is 2.32. The number of aryl methyl sites for hydroxylation is 1. The minimum absolute atomic E-state index is 0.0254. The van der Waals surface area contributed by atoms with Gasteiger partial charge in [-0.3, -0.25) is 4.79 Å². The molecule has 7 heteroatoms. The Labute approximate surface area is 130 Å². The van der Waals surface area contributed by atoms with E-state index in [1.807, 2.05) is 19.1 Å². The van der Waals surface area contributed by atoms with Crippen molar-refractivity contribution < 1.29 is 13.6 Å². The molecule has 4 rings (SSSR count). The normalized spacial score (nSPS) is 18.0. The molecular weight excluding hydrogens is 298 g/mol. The van der Waals surface area contributed by atoms with E-state index in [2.05, 4.69) is 10.2 Å². The average Bonchev–Trinajstić information content (AvgIpc) is 3.15. The van der Waals surface area contributed by atoms with Gasteiger partial charge in [-0.25, -0.2) is 4.79 Å². The van der Waals surface area contributed by atoms with Gasteiger partial charge in [0.15, 0.2) is 0 Å². The molecule has 0 saturated carbocycles. The molecule has 7 nitrogen and oxygen atoms in total. The van der Waals surface area contributed by atoms with E-state index in [0.29, 0.717) is 30.1 Å². The van der Waals surface area contributed by atoms with Crippen LogP contribution in [0.25, 0.3) is 11.0 Å². The van der Waals surface area contributed by atoms with Crippen molar-refractivity contribution in [2.24, 2.45) is 0 Å². The van der Waals surface area contributed by atoms with Gasteiger partial charge in [0.1, 0.15) is 5.58 Å². The Morgan fingerprint density at radius 2 is 2.13 bits per heavy atom. The molecule has 0 spiro atoms. The number of aromatic nitrogens is 2. The highest BCUT2D eigenvalue weighted by Gasteiger charge is 2.34. The van der Waals surface area contributed by atoms with Gasteiger partial charge >= 0.3 is 5.63 Å². The molecular formula is C16H13N3O4. The largest absolute Gasteiger partial charge is 0.428 e. The summed E-state index contributed by atoms with van der Waals surface area (Å²) in [5.74, 6) is 0.316. The number of benzene rings is 1. The third-order valence-electron chi connectivity index (χ3n) is 4.10. The number of carbonyl (C=O) groups excluding carboxylic acids is 1. The minimum Gasteiger partial charge on any atom is -0.428 e. The maximum absolute atomic E-state index is 12.3. The first-order chi connectivity index (χ1) is 11.1. The fourth-order valence-corrected chi connectivity index (χ4v) is 2.96. The molecule has 0 N–H and O–H groups in total. The fourth-order valence-electron chi connectivity index (χ4n) is 2.96. The Morgan fingerprint density at radius 3 is 2.91 bits per heavy atom. The van der Waals surface area contributed by atoms with Crippen LogP contribution in [0.15, 0.2) is 44.3 Å². The summed E-state index contributed by atoms with van der Waals surface area (Å²) in [6.07, 6.45) is 1.58. The van der Waals surface area contributed by atoms with Crippen molar-refractivity contribution in [3.8, 4) is 0 Å². The number of carbonyl (C=O) groups is 1. The lowest BCUT2D eigenvalue weighted by molar-refractivity contribution is -0.117. The predicted molar refractivity (Wildman–Crippen MR) is 81.2 cm³/mol. The molecule has 1 aliphatic heterocycles. The molecule has 116 valence electrons. The highest BCUT2D eigenvalue weighted by molar-refractivity contribution is 5.98. The van der Waals surface area contributed by atoms with E-state index in [9.17, 15) is 9.59 Å². The van der Waals surface area contributed by atoms with Crippen LogP contribution in [-0.4, -0.2) is 22.6 Å². The molecule has 1 saturated heterocycles. The molecule has 2 aromatic heterocycles. The third kappa shape index (κ3) is 2.30. The van der Waals surface area contributed by atoms with Crippen LogP contribution in [-0.2, 0) is 4.79 Å². The summed E-state index contributed by atoms with van der Waals surface area (Å²) in [4.78, 5) is 25.5. The molecule has 23 heavy (non-hydrogen) atoms. The van der Waals surface area contributed by atoms with E-state index >= 15 is 0 Å². The van der Waals surface area contributed by atoms with Crippen LogP contribution in [0.2, 0.25) is 0 Å². The molecule has 1 fully saturated rings. The summed E-state index contributed by atoms with van der Waals surface area (Å²) in [6.45, 7) is 2.31. The van der Waals surface area contributed by atoms with Gasteiger partial charge in [0.25, 0.3) is 0 Å². The lowest BCUT2D eigenvalue weighted by atomic mass is 10.1. The van der Waals surface area contributed by atoms with E-state index in [1.54, 1.807) is 11.0 Å². The van der Waals surface area contributed by atoms with Crippen molar-refractivity contribution in [3.63, 3.8) is 0 Å². The molecule has 1 amide bonds. The number of rotatable bonds is 2. The minimum atomic E-state index is -0.399. The molecule has 0 aliphatic carbocycles. The number of nitrogens with zero attached hydrogens (tertiary/aromatic N) is 3. The van der Waals surface area contributed by atoms with E-state index in [-0.39, 0.29) is 11.8 Å². The van der Waals surface area contributed by atoms with E-state index in [4.69, 9.17) is 8.83 Å². The van der Waals surface area contributed by atoms with E-state index in [0.717, 1.165) is 10.9 Å². The van der Waals surface area contributed by atoms with Gasteiger partial charge in [0.2, 0.25) is 18.2 Å². The second-order valence-electron chi connectivity index (χ2n) is 5.61.